The van der Waals surface area contributed by atoms with Gasteiger partial charge < -0.3 is 10.1 Å². The average molecular weight is 322 g/mol. The third-order valence-electron chi connectivity index (χ3n) is 2.32. The van der Waals surface area contributed by atoms with Crippen molar-refractivity contribution in [3.8, 4) is 0 Å². The molecule has 1 rings (SSSR count). The van der Waals surface area contributed by atoms with Gasteiger partial charge in [-0.25, -0.2) is 0 Å². The summed E-state index contributed by atoms with van der Waals surface area (Å²) < 4.78 is 5.03. The molecule has 0 aliphatic carbocycles. The first-order chi connectivity index (χ1) is 9.08. The number of carbonyl (C=O) groups excluding carboxylic acids is 1. The van der Waals surface area contributed by atoms with E-state index in [0.29, 0.717) is 28.9 Å². The molecule has 0 radical (unpaired) electrons. The summed E-state index contributed by atoms with van der Waals surface area (Å²) in [4.78, 5) is 12.6. The number of benzene rings is 1. The van der Waals surface area contributed by atoms with Gasteiger partial charge in [0.05, 0.1) is 11.6 Å². The fraction of sp³-hybridized carbons (Fsp3) is 0.462. The quantitative estimate of drug-likeness (QED) is 0.614. The van der Waals surface area contributed by atoms with Crippen LogP contribution in [0.5, 0.6) is 0 Å². The summed E-state index contributed by atoms with van der Waals surface area (Å²) in [6.07, 6.45) is 0. The predicted molar refractivity (Wildman–Crippen MR) is 81.3 cm³/mol. The fourth-order valence-corrected chi connectivity index (χ4v) is 2.99. The predicted octanol–water partition coefficient (Wildman–Crippen LogP) is 3.63. The zero-order valence-electron chi connectivity index (χ0n) is 10.9. The lowest BCUT2D eigenvalue weighted by Gasteiger charge is -2.16. The fourth-order valence-electron chi connectivity index (χ4n) is 1.46. The molecule has 0 fully saturated rings. The van der Waals surface area contributed by atoms with Crippen LogP contribution in [0.1, 0.15) is 13.8 Å². The molecule has 1 atom stereocenters. The molecule has 0 bridgehead atoms. The summed E-state index contributed by atoms with van der Waals surface area (Å²) >= 11 is 13.5. The summed E-state index contributed by atoms with van der Waals surface area (Å²) in [5.74, 6) is 0.308. The number of nitrogens with one attached hydrogen (secondary N) is 1. The van der Waals surface area contributed by atoms with Crippen molar-refractivity contribution in [1.82, 2.24) is 5.32 Å². The maximum atomic E-state index is 11.7. The zero-order chi connectivity index (χ0) is 14.3. The molecule has 0 saturated carbocycles. The SMILES string of the molecule is CCNC(CSc1cc(Cl)ccc1Cl)C(=O)OCC. The number of ether oxygens (including phenoxy) is 1. The van der Waals surface area contributed by atoms with Gasteiger partial charge in [-0.15, -0.1) is 11.8 Å². The number of hydrogen-bond acceptors (Lipinski definition) is 4. The highest BCUT2D eigenvalue weighted by Gasteiger charge is 2.19. The van der Waals surface area contributed by atoms with Gasteiger partial charge in [0.2, 0.25) is 0 Å². The van der Waals surface area contributed by atoms with Gasteiger partial charge in [0.15, 0.2) is 0 Å². The molecule has 0 amide bonds. The highest BCUT2D eigenvalue weighted by Crippen LogP contribution is 2.30. The van der Waals surface area contributed by atoms with Crippen molar-refractivity contribution in [2.75, 3.05) is 18.9 Å². The Hall–Kier alpha value is -0.420. The van der Waals surface area contributed by atoms with Crippen LogP contribution in [0.25, 0.3) is 0 Å². The highest BCUT2D eigenvalue weighted by molar-refractivity contribution is 7.99. The van der Waals surface area contributed by atoms with E-state index in [1.54, 1.807) is 25.1 Å². The van der Waals surface area contributed by atoms with Crippen LogP contribution in [0.3, 0.4) is 0 Å². The summed E-state index contributed by atoms with van der Waals surface area (Å²) in [5.41, 5.74) is 0. The lowest BCUT2D eigenvalue weighted by Crippen LogP contribution is -2.40. The Labute approximate surface area is 128 Å². The Bertz CT molecular complexity index is 429. The van der Waals surface area contributed by atoms with Crippen molar-refractivity contribution in [2.24, 2.45) is 0 Å². The van der Waals surface area contributed by atoms with Gasteiger partial charge in [0, 0.05) is 15.7 Å². The molecule has 0 heterocycles. The van der Waals surface area contributed by atoms with Crippen LogP contribution in [-0.4, -0.2) is 30.9 Å². The second-order valence-electron chi connectivity index (χ2n) is 3.75. The van der Waals surface area contributed by atoms with Gasteiger partial charge in [0.25, 0.3) is 0 Å². The van der Waals surface area contributed by atoms with Gasteiger partial charge in [-0.1, -0.05) is 30.1 Å². The molecular formula is C13H17Cl2NO2S. The van der Waals surface area contributed by atoms with Crippen LogP contribution in [0.15, 0.2) is 23.1 Å². The first-order valence-corrected chi connectivity index (χ1v) is 7.80. The van der Waals surface area contributed by atoms with Gasteiger partial charge in [-0.3, -0.25) is 4.79 Å². The van der Waals surface area contributed by atoms with Crippen LogP contribution in [-0.2, 0) is 9.53 Å². The molecule has 106 valence electrons. The summed E-state index contributed by atoms with van der Waals surface area (Å²) in [5, 5.41) is 4.36. The van der Waals surface area contributed by atoms with Gasteiger partial charge >= 0.3 is 5.97 Å². The molecule has 19 heavy (non-hydrogen) atoms. The topological polar surface area (TPSA) is 38.3 Å². The summed E-state index contributed by atoms with van der Waals surface area (Å²) in [7, 11) is 0. The average Bonchev–Trinajstić information content (AvgIpc) is 2.38. The molecule has 1 N–H and O–H groups in total. The lowest BCUT2D eigenvalue weighted by atomic mass is 10.3. The number of thioether (sulfide) groups is 1. The van der Waals surface area contributed by atoms with E-state index in [9.17, 15) is 4.79 Å². The molecular weight excluding hydrogens is 305 g/mol. The Balaban J connectivity index is 2.65. The number of carbonyl (C=O) groups is 1. The zero-order valence-corrected chi connectivity index (χ0v) is 13.2. The van der Waals surface area contributed by atoms with Crippen molar-refractivity contribution in [1.29, 1.82) is 0 Å². The van der Waals surface area contributed by atoms with Crippen LogP contribution < -0.4 is 5.32 Å². The highest BCUT2D eigenvalue weighted by atomic mass is 35.5. The van der Waals surface area contributed by atoms with E-state index >= 15 is 0 Å². The second kappa shape index (κ2) is 8.69. The molecule has 3 nitrogen and oxygen atoms in total. The molecule has 0 spiro atoms. The Kier molecular flexibility index (Phi) is 7.61. The first-order valence-electron chi connectivity index (χ1n) is 6.06. The summed E-state index contributed by atoms with van der Waals surface area (Å²) in [6, 6.07) is 4.94. The molecule has 0 aliphatic heterocycles. The minimum Gasteiger partial charge on any atom is -0.465 e. The van der Waals surface area contributed by atoms with Gasteiger partial charge in [-0.05, 0) is 31.7 Å². The van der Waals surface area contributed by atoms with E-state index in [4.69, 9.17) is 27.9 Å². The number of hydrogen-bond donors (Lipinski definition) is 1. The molecule has 6 heteroatoms. The minimum atomic E-state index is -0.343. The maximum Gasteiger partial charge on any atom is 0.323 e. The van der Waals surface area contributed by atoms with Crippen LogP contribution in [0.4, 0.5) is 0 Å². The van der Waals surface area contributed by atoms with Crippen molar-refractivity contribution in [3.63, 3.8) is 0 Å². The standard InChI is InChI=1S/C13H17Cl2NO2S/c1-3-16-11(13(17)18-4-2)8-19-12-7-9(14)5-6-10(12)15/h5-7,11,16H,3-4,8H2,1-2H3. The minimum absolute atomic E-state index is 0.241. The van der Waals surface area contributed by atoms with Crippen molar-refractivity contribution in [2.45, 2.75) is 24.8 Å². The Morgan fingerprint density at radius 2 is 2.16 bits per heavy atom. The van der Waals surface area contributed by atoms with E-state index in [-0.39, 0.29) is 12.0 Å². The first kappa shape index (κ1) is 16.6. The Morgan fingerprint density at radius 1 is 1.42 bits per heavy atom. The molecule has 1 aromatic rings. The van der Waals surface area contributed by atoms with E-state index in [0.717, 1.165) is 4.90 Å². The number of halogens is 2. The summed E-state index contributed by atoms with van der Waals surface area (Å²) in [6.45, 7) is 4.82. The smallest absolute Gasteiger partial charge is 0.323 e. The second-order valence-corrected chi connectivity index (χ2v) is 5.65. The number of esters is 1. The Morgan fingerprint density at radius 3 is 2.79 bits per heavy atom. The lowest BCUT2D eigenvalue weighted by molar-refractivity contribution is -0.144. The number of rotatable bonds is 7. The molecule has 1 unspecified atom stereocenters. The number of likely N-dealkylation sites (N-methyl/N-ethyl adjacent to an activating group) is 1. The van der Waals surface area contributed by atoms with Gasteiger partial charge in [-0.2, -0.15) is 0 Å². The van der Waals surface area contributed by atoms with E-state index < -0.39 is 0 Å². The van der Waals surface area contributed by atoms with E-state index in [1.807, 2.05) is 6.92 Å². The van der Waals surface area contributed by atoms with Crippen LogP contribution in [0, 0.1) is 0 Å². The van der Waals surface area contributed by atoms with Crippen molar-refractivity contribution < 1.29 is 9.53 Å². The van der Waals surface area contributed by atoms with Crippen LogP contribution in [0.2, 0.25) is 10.0 Å². The molecule has 0 aromatic heterocycles. The maximum absolute atomic E-state index is 11.7. The van der Waals surface area contributed by atoms with Crippen LogP contribution >= 0.6 is 35.0 Å². The van der Waals surface area contributed by atoms with Crippen molar-refractivity contribution in [3.05, 3.63) is 28.2 Å². The van der Waals surface area contributed by atoms with Gasteiger partial charge in [0.1, 0.15) is 6.04 Å². The normalized spacial score (nSPS) is 12.2. The molecule has 0 aliphatic rings. The monoisotopic (exact) mass is 321 g/mol. The third-order valence-corrected chi connectivity index (χ3v) is 4.15. The largest absolute Gasteiger partial charge is 0.465 e. The molecule has 1 aromatic carbocycles. The van der Waals surface area contributed by atoms with E-state index in [2.05, 4.69) is 5.32 Å². The molecule has 0 saturated heterocycles. The van der Waals surface area contributed by atoms with Crippen molar-refractivity contribution >= 4 is 40.9 Å². The van der Waals surface area contributed by atoms with E-state index in [1.165, 1.54) is 11.8 Å². The third kappa shape index (κ3) is 5.61.